The largest absolute Gasteiger partial charge is 0.464 e. The van der Waals surface area contributed by atoms with Crippen molar-refractivity contribution in [1.82, 2.24) is 4.90 Å². The Morgan fingerprint density at radius 2 is 1.59 bits per heavy atom. The summed E-state index contributed by atoms with van der Waals surface area (Å²) >= 11 is 0. The second-order valence-electron chi connectivity index (χ2n) is 5.90. The van der Waals surface area contributed by atoms with Gasteiger partial charge in [0.1, 0.15) is 6.61 Å². The molecule has 2 amide bonds. The molecule has 0 unspecified atom stereocenters. The Kier molecular flexibility index (Phi) is 4.98. The Morgan fingerprint density at radius 3 is 2.19 bits per heavy atom. The zero-order valence-electron chi connectivity index (χ0n) is 14.0. The van der Waals surface area contributed by atoms with Crippen molar-refractivity contribution in [3.8, 4) is 0 Å². The van der Waals surface area contributed by atoms with Crippen molar-refractivity contribution in [1.29, 1.82) is 0 Å². The molecule has 2 aromatic carbocycles. The number of hydrogen-bond donors (Lipinski definition) is 0. The molecule has 0 fully saturated rings. The van der Waals surface area contributed by atoms with Crippen molar-refractivity contribution in [2.24, 2.45) is 0 Å². The van der Waals surface area contributed by atoms with E-state index in [2.05, 4.69) is 0 Å². The van der Waals surface area contributed by atoms with Gasteiger partial charge >= 0.3 is 12.1 Å². The van der Waals surface area contributed by atoms with E-state index in [4.69, 9.17) is 4.74 Å². The highest BCUT2D eigenvalue weighted by Crippen LogP contribution is 2.29. The van der Waals surface area contributed by atoms with Crippen molar-refractivity contribution in [2.75, 3.05) is 13.2 Å². The summed E-state index contributed by atoms with van der Waals surface area (Å²) in [7, 11) is 0. The van der Waals surface area contributed by atoms with Crippen LogP contribution in [0, 0.1) is 0 Å². The van der Waals surface area contributed by atoms with Crippen LogP contribution in [0.2, 0.25) is 0 Å². The third kappa shape index (κ3) is 3.99. The molecule has 3 rings (SSSR count). The van der Waals surface area contributed by atoms with Gasteiger partial charge in [-0.2, -0.15) is 13.2 Å². The quantitative estimate of drug-likeness (QED) is 0.593. The van der Waals surface area contributed by atoms with Crippen LogP contribution in [0.15, 0.2) is 48.5 Å². The number of fused-ring (bicyclic) bond motifs is 1. The molecule has 27 heavy (non-hydrogen) atoms. The van der Waals surface area contributed by atoms with Crippen LogP contribution >= 0.6 is 0 Å². The Balaban J connectivity index is 1.54. The van der Waals surface area contributed by atoms with Gasteiger partial charge in [-0.05, 0) is 23.8 Å². The Labute approximate surface area is 152 Å². The average Bonchev–Trinajstić information content (AvgIpc) is 2.86. The van der Waals surface area contributed by atoms with Crippen LogP contribution in [0.1, 0.15) is 31.8 Å². The number of amides is 2. The molecule has 140 valence electrons. The summed E-state index contributed by atoms with van der Waals surface area (Å²) in [6, 6.07) is 10.8. The zero-order chi connectivity index (χ0) is 19.6. The lowest BCUT2D eigenvalue weighted by Gasteiger charge is -2.14. The first-order valence-corrected chi connectivity index (χ1v) is 8.04. The number of carbonyl (C=O) groups excluding carboxylic acids is 3. The van der Waals surface area contributed by atoms with Gasteiger partial charge in [-0.3, -0.25) is 19.3 Å². The van der Waals surface area contributed by atoms with Crippen LogP contribution in [0.4, 0.5) is 13.2 Å². The summed E-state index contributed by atoms with van der Waals surface area (Å²) < 4.78 is 43.0. The van der Waals surface area contributed by atoms with Crippen LogP contribution in [0.25, 0.3) is 0 Å². The Bertz CT molecular complexity index is 873. The van der Waals surface area contributed by atoms with Crippen LogP contribution < -0.4 is 0 Å². The van der Waals surface area contributed by atoms with E-state index in [-0.39, 0.29) is 36.3 Å². The van der Waals surface area contributed by atoms with Crippen LogP contribution in [0.5, 0.6) is 0 Å². The second-order valence-corrected chi connectivity index (χ2v) is 5.90. The van der Waals surface area contributed by atoms with Gasteiger partial charge in [0, 0.05) is 0 Å². The maximum atomic E-state index is 12.7. The predicted octanol–water partition coefficient (Wildman–Crippen LogP) is 3.09. The van der Waals surface area contributed by atoms with Gasteiger partial charge in [-0.25, -0.2) is 0 Å². The first-order valence-electron chi connectivity index (χ1n) is 8.04. The number of benzene rings is 2. The van der Waals surface area contributed by atoms with Gasteiger partial charge < -0.3 is 4.74 Å². The van der Waals surface area contributed by atoms with Gasteiger partial charge in [-0.15, -0.1) is 0 Å². The van der Waals surface area contributed by atoms with E-state index in [9.17, 15) is 27.6 Å². The van der Waals surface area contributed by atoms with Crippen molar-refractivity contribution in [3.63, 3.8) is 0 Å². The van der Waals surface area contributed by atoms with Crippen molar-refractivity contribution >= 4 is 17.8 Å². The van der Waals surface area contributed by atoms with Gasteiger partial charge in [0.05, 0.1) is 29.7 Å². The fourth-order valence-electron chi connectivity index (χ4n) is 2.77. The molecule has 5 nitrogen and oxygen atoms in total. The third-order valence-corrected chi connectivity index (χ3v) is 4.06. The minimum absolute atomic E-state index is 0.124. The molecule has 0 atom stereocenters. The SMILES string of the molecule is O=C(Cc1cccc(C(F)(F)F)c1)OCCN1C(=O)c2ccccc2C1=O. The number of rotatable bonds is 5. The number of halogens is 3. The highest BCUT2D eigenvalue weighted by atomic mass is 19.4. The summed E-state index contributed by atoms with van der Waals surface area (Å²) in [5.74, 6) is -1.68. The molecule has 8 heteroatoms. The smallest absolute Gasteiger partial charge is 0.416 e. The number of imide groups is 1. The molecule has 0 spiro atoms. The molecule has 0 N–H and O–H groups in total. The van der Waals surface area contributed by atoms with Crippen LogP contribution in [0.3, 0.4) is 0 Å². The lowest BCUT2D eigenvalue weighted by Crippen LogP contribution is -2.33. The van der Waals surface area contributed by atoms with E-state index in [1.54, 1.807) is 12.1 Å². The monoisotopic (exact) mass is 377 g/mol. The molecule has 0 radical (unpaired) electrons. The van der Waals surface area contributed by atoms with E-state index < -0.39 is 29.5 Å². The molecule has 1 aliphatic rings. The average molecular weight is 377 g/mol. The standard InChI is InChI=1S/C19H14F3NO4/c20-19(21,22)13-5-3-4-12(10-13)11-16(24)27-9-8-23-17(25)14-6-1-2-7-15(14)18(23)26/h1-7,10H,8-9,11H2. The zero-order valence-corrected chi connectivity index (χ0v) is 14.0. The molecule has 0 saturated heterocycles. The molecular weight excluding hydrogens is 363 g/mol. The fourth-order valence-corrected chi connectivity index (χ4v) is 2.77. The van der Waals surface area contributed by atoms with Gasteiger partial charge in [-0.1, -0.05) is 30.3 Å². The third-order valence-electron chi connectivity index (χ3n) is 4.06. The van der Waals surface area contributed by atoms with E-state index >= 15 is 0 Å². The number of carbonyl (C=O) groups is 3. The summed E-state index contributed by atoms with van der Waals surface area (Å²) in [5.41, 5.74) is -0.107. The molecular formula is C19H14F3NO4. The second kappa shape index (κ2) is 7.22. The molecule has 0 bridgehead atoms. The Hall–Kier alpha value is -3.16. The maximum absolute atomic E-state index is 12.7. The Morgan fingerprint density at radius 1 is 0.963 bits per heavy atom. The molecule has 0 aromatic heterocycles. The summed E-state index contributed by atoms with van der Waals surface area (Å²) in [6.07, 6.45) is -4.84. The molecule has 0 saturated carbocycles. The van der Waals surface area contributed by atoms with E-state index in [1.807, 2.05) is 0 Å². The summed E-state index contributed by atoms with van der Waals surface area (Å²) in [5, 5.41) is 0. The number of nitrogens with zero attached hydrogens (tertiary/aromatic N) is 1. The first-order chi connectivity index (χ1) is 12.8. The number of ether oxygens (including phenoxy) is 1. The predicted molar refractivity (Wildman–Crippen MR) is 87.9 cm³/mol. The van der Waals surface area contributed by atoms with E-state index in [0.29, 0.717) is 0 Å². The molecule has 0 aliphatic carbocycles. The van der Waals surface area contributed by atoms with Crippen LogP contribution in [-0.4, -0.2) is 35.8 Å². The minimum Gasteiger partial charge on any atom is -0.464 e. The van der Waals surface area contributed by atoms with E-state index in [0.717, 1.165) is 17.0 Å². The van der Waals surface area contributed by atoms with Gasteiger partial charge in [0.25, 0.3) is 11.8 Å². The molecule has 2 aromatic rings. The van der Waals surface area contributed by atoms with Crippen molar-refractivity contribution < 1.29 is 32.3 Å². The maximum Gasteiger partial charge on any atom is 0.416 e. The van der Waals surface area contributed by atoms with Crippen molar-refractivity contribution in [3.05, 3.63) is 70.8 Å². The number of hydrogen-bond acceptors (Lipinski definition) is 4. The lowest BCUT2D eigenvalue weighted by atomic mass is 10.1. The van der Waals surface area contributed by atoms with Gasteiger partial charge in [0.2, 0.25) is 0 Å². The fraction of sp³-hybridized carbons (Fsp3) is 0.211. The minimum atomic E-state index is -4.49. The summed E-state index contributed by atoms with van der Waals surface area (Å²) in [4.78, 5) is 37.1. The topological polar surface area (TPSA) is 63.7 Å². The normalized spacial score (nSPS) is 13.7. The number of esters is 1. The summed E-state index contributed by atoms with van der Waals surface area (Å²) in [6.45, 7) is -0.357. The van der Waals surface area contributed by atoms with Gasteiger partial charge in [0.15, 0.2) is 0 Å². The molecule has 1 heterocycles. The van der Waals surface area contributed by atoms with Crippen LogP contribution in [-0.2, 0) is 22.1 Å². The van der Waals surface area contributed by atoms with Crippen molar-refractivity contribution in [2.45, 2.75) is 12.6 Å². The highest BCUT2D eigenvalue weighted by Gasteiger charge is 2.35. The first kappa shape index (κ1) is 18.6. The number of alkyl halides is 3. The van der Waals surface area contributed by atoms with E-state index in [1.165, 1.54) is 24.3 Å². The highest BCUT2D eigenvalue weighted by molar-refractivity contribution is 6.21. The molecule has 1 aliphatic heterocycles. The lowest BCUT2D eigenvalue weighted by molar-refractivity contribution is -0.143.